The van der Waals surface area contributed by atoms with Crippen LogP contribution in [-0.2, 0) is 9.59 Å². The summed E-state index contributed by atoms with van der Waals surface area (Å²) in [7, 11) is 0. The summed E-state index contributed by atoms with van der Waals surface area (Å²) in [4.78, 5) is 58.3. The van der Waals surface area contributed by atoms with Crippen LogP contribution in [0, 0.1) is 0 Å². The lowest BCUT2D eigenvalue weighted by Gasteiger charge is -2.37. The molecule has 0 spiro atoms. The van der Waals surface area contributed by atoms with Crippen molar-refractivity contribution in [3.8, 4) is 0 Å². The number of benzene rings is 7. The fourth-order valence-corrected chi connectivity index (χ4v) is 8.29. The van der Waals surface area contributed by atoms with Crippen LogP contribution in [0.4, 0.5) is 28.4 Å². The number of nitrogens with one attached hydrogen (secondary N) is 5. The minimum atomic E-state index is -1.61. The molecular weight excluding hydrogens is 765 g/mol. The number of anilines is 4. The molecule has 7 aromatic carbocycles. The number of aliphatic imine (C=N–C) groups is 1. The fraction of sp³-hybridized carbons (Fsp3) is 0.102. The molecule has 2 aliphatic rings. The number of fused-ring (bicyclic) bond motifs is 6. The Balaban J connectivity index is 1.20. The molecule has 12 nitrogen and oxygen atoms in total. The molecule has 0 fully saturated rings. The number of rotatable bonds is 9. The van der Waals surface area contributed by atoms with Gasteiger partial charge in [-0.25, -0.2) is 15.0 Å². The SMILES string of the molecule is CC1(C(=O)NC2C=CC=CC2)Nc2c(c3cccc4c5nc(C(=O)Nc6ccccc6)c(C(O)Nc6ccccc6)nc5c5cccc2c5c34)N=C1C(=O)Nc1ccccc1. The predicted octanol–water partition coefficient (Wildman–Crippen LogP) is 8.78. The minimum absolute atomic E-state index is 0.0134. The second-order valence-corrected chi connectivity index (χ2v) is 15.2. The molecule has 2 heterocycles. The molecule has 0 bridgehead atoms. The number of amides is 3. The van der Waals surface area contributed by atoms with Crippen molar-refractivity contribution in [2.45, 2.75) is 31.2 Å². The molecule has 12 heteroatoms. The van der Waals surface area contributed by atoms with Crippen LogP contribution in [0.3, 0.4) is 0 Å². The Hall–Kier alpha value is -7.96. The highest BCUT2D eigenvalue weighted by molar-refractivity contribution is 6.52. The Bertz CT molecular complexity index is 3130. The standard InChI is InChI=1S/C49H38N8O4/c1-49(48(61)53-31-22-12-5-13-23-31)44(47(60)52-30-20-10-4-11-21-30)56-40-34-26-14-24-32-36(34)37-33(25-15-27-35(37)41(40)57-49)39-38(32)54-42(45(58)50-28-16-6-2-7-17-28)43(55-39)46(59)51-29-18-8-3-9-19-29/h2-22,24-27,31,46,51,57,59H,23H2,1H3,(H,50,58)(H,52,60)(H,53,61). The summed E-state index contributed by atoms with van der Waals surface area (Å²) in [6, 6.07) is 38.4. The number of carbonyl (C=O) groups excluding carboxylic acids is 3. The third-order valence-corrected chi connectivity index (χ3v) is 11.2. The zero-order chi connectivity index (χ0) is 41.7. The van der Waals surface area contributed by atoms with Crippen molar-refractivity contribution in [3.05, 3.63) is 163 Å². The molecule has 3 unspecified atom stereocenters. The molecule has 3 amide bonds. The van der Waals surface area contributed by atoms with Crippen LogP contribution in [0.5, 0.6) is 0 Å². The van der Waals surface area contributed by atoms with E-state index in [2.05, 4.69) is 26.6 Å². The largest absolute Gasteiger partial charge is 0.368 e. The van der Waals surface area contributed by atoms with Gasteiger partial charge in [0, 0.05) is 49.4 Å². The molecule has 0 saturated heterocycles. The third-order valence-electron chi connectivity index (χ3n) is 11.2. The van der Waals surface area contributed by atoms with Crippen LogP contribution in [0.15, 0.2) is 157 Å². The fourth-order valence-electron chi connectivity index (χ4n) is 8.29. The second kappa shape index (κ2) is 15.0. The Morgan fingerprint density at radius 1 is 0.689 bits per heavy atom. The topological polar surface area (TPSA) is 170 Å². The van der Waals surface area contributed by atoms with E-state index >= 15 is 0 Å². The highest BCUT2D eigenvalue weighted by Crippen LogP contribution is 2.50. The average molecular weight is 803 g/mol. The Kier molecular flexibility index (Phi) is 9.18. The molecule has 6 N–H and O–H groups in total. The third kappa shape index (κ3) is 6.55. The van der Waals surface area contributed by atoms with Gasteiger partial charge in [-0.05, 0) is 49.7 Å². The van der Waals surface area contributed by atoms with Gasteiger partial charge in [0.2, 0.25) is 0 Å². The summed E-state index contributed by atoms with van der Waals surface area (Å²) in [5.74, 6) is -1.50. The summed E-state index contributed by atoms with van der Waals surface area (Å²) in [5, 5.41) is 31.8. The van der Waals surface area contributed by atoms with Crippen molar-refractivity contribution in [2.75, 3.05) is 21.3 Å². The molecule has 1 aromatic heterocycles. The van der Waals surface area contributed by atoms with Gasteiger partial charge in [-0.1, -0.05) is 115 Å². The summed E-state index contributed by atoms with van der Waals surface area (Å²) in [6.45, 7) is 1.68. The van der Waals surface area contributed by atoms with E-state index in [-0.39, 0.29) is 23.1 Å². The van der Waals surface area contributed by atoms with E-state index in [1.807, 2.05) is 127 Å². The monoisotopic (exact) mass is 802 g/mol. The highest BCUT2D eigenvalue weighted by Gasteiger charge is 2.47. The number of carbonyl (C=O) groups is 3. The number of aliphatic hydroxyl groups is 1. The van der Waals surface area contributed by atoms with Crippen LogP contribution >= 0.6 is 0 Å². The van der Waals surface area contributed by atoms with E-state index in [0.717, 1.165) is 16.2 Å². The van der Waals surface area contributed by atoms with Crippen molar-refractivity contribution in [2.24, 2.45) is 4.99 Å². The summed E-state index contributed by atoms with van der Waals surface area (Å²) >= 11 is 0. The number of hydrogen-bond donors (Lipinski definition) is 6. The van der Waals surface area contributed by atoms with Crippen LogP contribution in [0.1, 0.15) is 35.8 Å². The molecule has 1 aliphatic carbocycles. The number of aromatic nitrogens is 2. The zero-order valence-corrected chi connectivity index (χ0v) is 32.8. The quantitative estimate of drug-likeness (QED) is 0.0478. The molecule has 61 heavy (non-hydrogen) atoms. The first kappa shape index (κ1) is 37.3. The lowest BCUT2D eigenvalue weighted by Crippen LogP contribution is -2.61. The van der Waals surface area contributed by atoms with E-state index in [4.69, 9.17) is 15.0 Å². The second-order valence-electron chi connectivity index (χ2n) is 15.2. The maximum Gasteiger partial charge on any atom is 0.276 e. The van der Waals surface area contributed by atoms with Crippen molar-refractivity contribution in [1.29, 1.82) is 0 Å². The van der Waals surface area contributed by atoms with Gasteiger partial charge in [0.05, 0.1) is 28.5 Å². The molecule has 1 aliphatic heterocycles. The van der Waals surface area contributed by atoms with Crippen molar-refractivity contribution >= 4 is 95.2 Å². The van der Waals surface area contributed by atoms with Crippen molar-refractivity contribution in [3.63, 3.8) is 0 Å². The molecule has 298 valence electrons. The van der Waals surface area contributed by atoms with E-state index in [1.54, 1.807) is 31.2 Å². The van der Waals surface area contributed by atoms with Gasteiger partial charge >= 0.3 is 0 Å². The Morgan fingerprint density at radius 3 is 1.90 bits per heavy atom. The maximum atomic E-state index is 14.5. The number of para-hydroxylation sites is 3. The maximum absolute atomic E-state index is 14.5. The number of nitrogens with zero attached hydrogens (tertiary/aromatic N) is 3. The van der Waals surface area contributed by atoms with Gasteiger partial charge in [-0.3, -0.25) is 14.4 Å². The molecular formula is C49H38N8O4. The minimum Gasteiger partial charge on any atom is -0.368 e. The molecule has 0 saturated carbocycles. The normalized spacial score (nSPS) is 17.4. The average Bonchev–Trinajstić information content (AvgIpc) is 3.29. The number of aliphatic hydroxyl groups excluding tert-OH is 1. The Labute approximate surface area is 349 Å². The number of allylic oxidation sites excluding steroid dienone is 2. The summed E-state index contributed by atoms with van der Waals surface area (Å²) in [5.41, 5.74) is 2.02. The summed E-state index contributed by atoms with van der Waals surface area (Å²) in [6.07, 6.45) is 6.89. The lowest BCUT2D eigenvalue weighted by atomic mass is 9.85. The first-order valence-corrected chi connectivity index (χ1v) is 19.9. The van der Waals surface area contributed by atoms with Crippen molar-refractivity contribution in [1.82, 2.24) is 15.3 Å². The van der Waals surface area contributed by atoms with Crippen LogP contribution in [0.25, 0.3) is 43.4 Å². The molecule has 10 rings (SSSR count). The summed E-state index contributed by atoms with van der Waals surface area (Å²) < 4.78 is 0. The van der Waals surface area contributed by atoms with E-state index < -0.39 is 29.5 Å². The lowest BCUT2D eigenvalue weighted by molar-refractivity contribution is -0.124. The highest BCUT2D eigenvalue weighted by atomic mass is 16.3. The first-order valence-electron chi connectivity index (χ1n) is 19.9. The van der Waals surface area contributed by atoms with Crippen LogP contribution < -0.4 is 26.6 Å². The van der Waals surface area contributed by atoms with E-state index in [0.29, 0.717) is 62.0 Å². The van der Waals surface area contributed by atoms with E-state index in [9.17, 15) is 19.5 Å². The van der Waals surface area contributed by atoms with Gasteiger partial charge < -0.3 is 31.7 Å². The van der Waals surface area contributed by atoms with Gasteiger partial charge in [0.25, 0.3) is 17.7 Å². The predicted molar refractivity (Wildman–Crippen MR) is 242 cm³/mol. The van der Waals surface area contributed by atoms with Gasteiger partial charge in [0.1, 0.15) is 11.4 Å². The van der Waals surface area contributed by atoms with E-state index in [1.165, 1.54) is 0 Å². The van der Waals surface area contributed by atoms with Gasteiger partial charge in [-0.2, -0.15) is 0 Å². The van der Waals surface area contributed by atoms with Crippen LogP contribution in [-0.4, -0.2) is 50.1 Å². The zero-order valence-electron chi connectivity index (χ0n) is 32.8. The van der Waals surface area contributed by atoms with Gasteiger partial charge in [0.15, 0.2) is 17.5 Å². The molecule has 3 atom stereocenters. The Morgan fingerprint density at radius 2 is 1.26 bits per heavy atom. The number of hydrogen-bond acceptors (Lipinski definition) is 9. The first-order chi connectivity index (χ1) is 29.8. The molecule has 8 aromatic rings. The smallest absolute Gasteiger partial charge is 0.276 e. The molecule has 0 radical (unpaired) electrons. The van der Waals surface area contributed by atoms with Crippen LogP contribution in [0.2, 0.25) is 0 Å². The van der Waals surface area contributed by atoms with Crippen molar-refractivity contribution < 1.29 is 19.5 Å². The van der Waals surface area contributed by atoms with Gasteiger partial charge in [-0.15, -0.1) is 0 Å².